The van der Waals surface area contributed by atoms with Crippen molar-refractivity contribution in [3.8, 4) is 0 Å². The van der Waals surface area contributed by atoms with E-state index in [4.69, 9.17) is 0 Å². The van der Waals surface area contributed by atoms with E-state index in [0.717, 1.165) is 29.9 Å². The molecule has 0 radical (unpaired) electrons. The molecule has 1 aliphatic rings. The van der Waals surface area contributed by atoms with Crippen molar-refractivity contribution in [2.45, 2.75) is 19.9 Å². The number of fused-ring (bicyclic) bond motifs is 1. The molecule has 0 unspecified atom stereocenters. The number of anilines is 4. The highest BCUT2D eigenvalue weighted by Gasteiger charge is 2.20. The fraction of sp³-hybridized carbons (Fsp3) is 0.300. The van der Waals surface area contributed by atoms with Gasteiger partial charge in [-0.3, -0.25) is 14.9 Å². The van der Waals surface area contributed by atoms with Gasteiger partial charge in [0.2, 0.25) is 5.91 Å². The van der Waals surface area contributed by atoms with Crippen LogP contribution in [0, 0.1) is 6.92 Å². The zero-order valence-electron chi connectivity index (χ0n) is 16.5. The minimum Gasteiger partial charge on any atom is -0.339 e. The Bertz CT molecular complexity index is 1020. The minimum absolute atomic E-state index is 0.120. The lowest BCUT2D eigenvalue weighted by atomic mass is 9.99. The van der Waals surface area contributed by atoms with E-state index in [9.17, 15) is 4.79 Å². The first kappa shape index (κ1) is 18.9. The molecule has 3 aromatic rings. The molecule has 3 heterocycles. The summed E-state index contributed by atoms with van der Waals surface area (Å²) in [5.74, 6) is 2.04. The SMILES string of the molecule is CNCC(=O)N1CCc2ccc(Nc3cncc(Nc4cc(C)[nH]n4)n3)cc2C1. The number of hydrogen-bond donors (Lipinski definition) is 4. The van der Waals surface area contributed by atoms with E-state index < -0.39 is 0 Å². The molecule has 0 fully saturated rings. The predicted molar refractivity (Wildman–Crippen MR) is 111 cm³/mol. The second-order valence-electron chi connectivity index (χ2n) is 7.05. The van der Waals surface area contributed by atoms with Gasteiger partial charge in [-0.15, -0.1) is 0 Å². The monoisotopic (exact) mass is 392 g/mol. The fourth-order valence-corrected chi connectivity index (χ4v) is 3.36. The molecule has 4 N–H and O–H groups in total. The average Bonchev–Trinajstić information content (AvgIpc) is 3.12. The van der Waals surface area contributed by atoms with Crippen molar-refractivity contribution in [1.82, 2.24) is 30.4 Å². The standard InChI is InChI=1S/C20H24N8O/c1-13-7-17(27-26-13)24-19-10-22-9-18(25-19)23-16-4-3-14-5-6-28(12-15(14)8-16)20(29)11-21-2/h3-4,7-10,21H,5-6,11-12H2,1-2H3,(H3,23,24,25,26,27). The molecule has 0 spiro atoms. The van der Waals surface area contributed by atoms with Gasteiger partial charge in [0.1, 0.15) is 0 Å². The number of nitrogens with one attached hydrogen (secondary N) is 4. The summed E-state index contributed by atoms with van der Waals surface area (Å²) in [5, 5.41) is 16.4. The number of H-pyrrole nitrogens is 1. The van der Waals surface area contributed by atoms with Crippen molar-refractivity contribution in [3.05, 3.63) is 53.5 Å². The first-order chi connectivity index (χ1) is 14.1. The molecule has 1 amide bonds. The van der Waals surface area contributed by atoms with Crippen molar-refractivity contribution in [2.75, 3.05) is 30.8 Å². The molecule has 0 saturated carbocycles. The Morgan fingerprint density at radius 2 is 1.97 bits per heavy atom. The summed E-state index contributed by atoms with van der Waals surface area (Å²) in [4.78, 5) is 22.9. The van der Waals surface area contributed by atoms with Crippen LogP contribution in [0.4, 0.5) is 23.1 Å². The van der Waals surface area contributed by atoms with Gasteiger partial charge in [-0.05, 0) is 43.7 Å². The average molecular weight is 392 g/mol. The van der Waals surface area contributed by atoms with E-state index in [0.29, 0.717) is 30.5 Å². The molecule has 1 aliphatic heterocycles. The van der Waals surface area contributed by atoms with Gasteiger partial charge in [0.05, 0.1) is 18.9 Å². The molecular weight excluding hydrogens is 368 g/mol. The molecule has 0 aliphatic carbocycles. The Balaban J connectivity index is 1.47. The molecule has 29 heavy (non-hydrogen) atoms. The molecule has 0 bridgehead atoms. The molecule has 1 aromatic carbocycles. The molecule has 0 atom stereocenters. The van der Waals surface area contributed by atoms with E-state index in [1.54, 1.807) is 19.4 Å². The van der Waals surface area contributed by atoms with Crippen LogP contribution < -0.4 is 16.0 Å². The molecule has 2 aromatic heterocycles. The number of amides is 1. The smallest absolute Gasteiger partial charge is 0.236 e. The summed E-state index contributed by atoms with van der Waals surface area (Å²) in [6, 6.07) is 8.11. The molecule has 4 rings (SSSR count). The lowest BCUT2D eigenvalue weighted by molar-refractivity contribution is -0.131. The van der Waals surface area contributed by atoms with Crippen LogP contribution in [0.15, 0.2) is 36.7 Å². The highest BCUT2D eigenvalue weighted by molar-refractivity contribution is 5.78. The van der Waals surface area contributed by atoms with Gasteiger partial charge in [0, 0.05) is 30.5 Å². The second-order valence-corrected chi connectivity index (χ2v) is 7.05. The summed E-state index contributed by atoms with van der Waals surface area (Å²) >= 11 is 0. The number of benzene rings is 1. The normalized spacial score (nSPS) is 13.1. The Hall–Kier alpha value is -3.46. The van der Waals surface area contributed by atoms with Crippen LogP contribution in [0.3, 0.4) is 0 Å². The number of hydrogen-bond acceptors (Lipinski definition) is 7. The maximum absolute atomic E-state index is 12.2. The van der Waals surface area contributed by atoms with Gasteiger partial charge in [0.25, 0.3) is 0 Å². The number of aromatic amines is 1. The van der Waals surface area contributed by atoms with Crippen LogP contribution in [0.25, 0.3) is 0 Å². The van der Waals surface area contributed by atoms with Gasteiger partial charge in [-0.25, -0.2) is 4.98 Å². The zero-order valence-corrected chi connectivity index (χ0v) is 16.5. The number of rotatable bonds is 6. The van der Waals surface area contributed by atoms with Gasteiger partial charge in [0.15, 0.2) is 17.5 Å². The van der Waals surface area contributed by atoms with Gasteiger partial charge in [-0.2, -0.15) is 5.10 Å². The molecule has 150 valence electrons. The Labute approximate surface area is 169 Å². The number of aryl methyl sites for hydroxylation is 1. The van der Waals surface area contributed by atoms with E-state index >= 15 is 0 Å². The van der Waals surface area contributed by atoms with Crippen molar-refractivity contribution in [2.24, 2.45) is 0 Å². The van der Waals surface area contributed by atoms with E-state index in [-0.39, 0.29) is 5.91 Å². The van der Waals surface area contributed by atoms with Crippen LogP contribution in [-0.2, 0) is 17.8 Å². The van der Waals surface area contributed by atoms with Crippen LogP contribution in [0.5, 0.6) is 0 Å². The third-order valence-electron chi connectivity index (χ3n) is 4.77. The number of nitrogens with zero attached hydrogens (tertiary/aromatic N) is 4. The third kappa shape index (κ3) is 4.52. The van der Waals surface area contributed by atoms with Crippen LogP contribution in [0.1, 0.15) is 16.8 Å². The third-order valence-corrected chi connectivity index (χ3v) is 4.77. The molecule has 0 saturated heterocycles. The second kappa shape index (κ2) is 8.27. The maximum atomic E-state index is 12.2. The summed E-state index contributed by atoms with van der Waals surface area (Å²) < 4.78 is 0. The topological polar surface area (TPSA) is 111 Å². The molecule has 9 nitrogen and oxygen atoms in total. The number of carbonyl (C=O) groups is 1. The van der Waals surface area contributed by atoms with Crippen molar-refractivity contribution in [1.29, 1.82) is 0 Å². The van der Waals surface area contributed by atoms with Gasteiger partial charge < -0.3 is 20.9 Å². The zero-order chi connectivity index (χ0) is 20.2. The number of aromatic nitrogens is 4. The van der Waals surface area contributed by atoms with Crippen LogP contribution >= 0.6 is 0 Å². The first-order valence-corrected chi connectivity index (χ1v) is 9.53. The van der Waals surface area contributed by atoms with Gasteiger partial charge in [-0.1, -0.05) is 6.07 Å². The quantitative estimate of drug-likeness (QED) is 0.508. The maximum Gasteiger partial charge on any atom is 0.236 e. The van der Waals surface area contributed by atoms with Crippen molar-refractivity contribution < 1.29 is 4.79 Å². The lowest BCUT2D eigenvalue weighted by Crippen LogP contribution is -2.40. The first-order valence-electron chi connectivity index (χ1n) is 9.53. The predicted octanol–water partition coefficient (Wildman–Crippen LogP) is 2.10. The van der Waals surface area contributed by atoms with Crippen LogP contribution in [0.2, 0.25) is 0 Å². The largest absolute Gasteiger partial charge is 0.339 e. The van der Waals surface area contributed by atoms with E-state index in [1.165, 1.54) is 5.56 Å². The van der Waals surface area contributed by atoms with Crippen LogP contribution in [-0.4, -0.2) is 51.1 Å². The van der Waals surface area contributed by atoms with Crippen molar-refractivity contribution >= 4 is 29.0 Å². The minimum atomic E-state index is 0.120. The summed E-state index contributed by atoms with van der Waals surface area (Å²) in [5.41, 5.74) is 4.30. The molecule has 9 heteroatoms. The molecular formula is C20H24N8O. The van der Waals surface area contributed by atoms with Gasteiger partial charge >= 0.3 is 0 Å². The number of carbonyl (C=O) groups excluding carboxylic acids is 1. The highest BCUT2D eigenvalue weighted by atomic mass is 16.2. The Kier molecular flexibility index (Phi) is 5.39. The van der Waals surface area contributed by atoms with E-state index in [1.807, 2.05) is 24.0 Å². The number of likely N-dealkylation sites (N-methyl/N-ethyl adjacent to an activating group) is 1. The van der Waals surface area contributed by atoms with Crippen molar-refractivity contribution in [3.63, 3.8) is 0 Å². The Morgan fingerprint density at radius 3 is 2.72 bits per heavy atom. The summed E-state index contributed by atoms with van der Waals surface area (Å²) in [7, 11) is 1.79. The lowest BCUT2D eigenvalue weighted by Gasteiger charge is -2.29. The highest BCUT2D eigenvalue weighted by Crippen LogP contribution is 2.25. The Morgan fingerprint density at radius 1 is 1.14 bits per heavy atom. The van der Waals surface area contributed by atoms with E-state index in [2.05, 4.69) is 48.2 Å². The summed E-state index contributed by atoms with van der Waals surface area (Å²) in [6.07, 6.45) is 4.18. The summed E-state index contributed by atoms with van der Waals surface area (Å²) in [6.45, 7) is 3.67. The fourth-order valence-electron chi connectivity index (χ4n) is 3.36.